The van der Waals surface area contributed by atoms with Crippen LogP contribution in [0.1, 0.15) is 30.7 Å². The predicted octanol–water partition coefficient (Wildman–Crippen LogP) is 4.01. The maximum Gasteiger partial charge on any atom is 0.321 e. The summed E-state index contributed by atoms with van der Waals surface area (Å²) in [5.41, 5.74) is 1.86. The SMILES string of the molecule is Cc1nc2ccc(NC(=O)N3CCCCCC3)cc2s1. The van der Waals surface area contributed by atoms with Gasteiger partial charge in [-0.15, -0.1) is 11.3 Å². The topological polar surface area (TPSA) is 45.2 Å². The number of aryl methyl sites for hydroxylation is 1. The van der Waals surface area contributed by atoms with Crippen LogP contribution < -0.4 is 5.32 Å². The Morgan fingerprint density at radius 2 is 2.00 bits per heavy atom. The van der Waals surface area contributed by atoms with Crippen molar-refractivity contribution < 1.29 is 4.79 Å². The molecule has 20 heavy (non-hydrogen) atoms. The zero-order valence-electron chi connectivity index (χ0n) is 11.7. The number of amides is 2. The normalized spacial score (nSPS) is 16.1. The van der Waals surface area contributed by atoms with E-state index in [9.17, 15) is 4.79 Å². The fraction of sp³-hybridized carbons (Fsp3) is 0.467. The van der Waals surface area contributed by atoms with E-state index in [0.29, 0.717) is 0 Å². The van der Waals surface area contributed by atoms with Gasteiger partial charge in [-0.1, -0.05) is 12.8 Å². The molecule has 0 bridgehead atoms. The van der Waals surface area contributed by atoms with E-state index in [1.807, 2.05) is 30.0 Å². The molecule has 0 saturated carbocycles. The lowest BCUT2D eigenvalue weighted by atomic mass is 10.2. The van der Waals surface area contributed by atoms with E-state index in [1.165, 1.54) is 12.8 Å². The fourth-order valence-corrected chi connectivity index (χ4v) is 3.46. The summed E-state index contributed by atoms with van der Waals surface area (Å²) in [5.74, 6) is 0. The molecule has 0 aliphatic carbocycles. The molecule has 1 saturated heterocycles. The van der Waals surface area contributed by atoms with Gasteiger partial charge in [-0.2, -0.15) is 0 Å². The lowest BCUT2D eigenvalue weighted by Crippen LogP contribution is -2.35. The molecule has 2 aromatic rings. The van der Waals surface area contributed by atoms with Gasteiger partial charge in [-0.3, -0.25) is 0 Å². The number of carbonyl (C=O) groups is 1. The Bertz CT molecular complexity index is 615. The molecule has 1 aromatic heterocycles. The van der Waals surface area contributed by atoms with Crippen LogP contribution in [0, 0.1) is 6.92 Å². The number of fused-ring (bicyclic) bond motifs is 1. The first-order valence-corrected chi connectivity index (χ1v) is 7.97. The minimum absolute atomic E-state index is 0.0208. The largest absolute Gasteiger partial charge is 0.325 e. The minimum atomic E-state index is 0.0208. The summed E-state index contributed by atoms with van der Waals surface area (Å²) in [6.45, 7) is 3.74. The molecule has 0 unspecified atom stereocenters. The summed E-state index contributed by atoms with van der Waals surface area (Å²) in [6, 6.07) is 5.93. The highest BCUT2D eigenvalue weighted by Crippen LogP contribution is 2.25. The number of hydrogen-bond acceptors (Lipinski definition) is 3. The molecule has 106 valence electrons. The van der Waals surface area contributed by atoms with Crippen molar-refractivity contribution in [2.45, 2.75) is 32.6 Å². The molecule has 0 spiro atoms. The van der Waals surface area contributed by atoms with Crippen molar-refractivity contribution >= 4 is 33.3 Å². The predicted molar refractivity (Wildman–Crippen MR) is 83.4 cm³/mol. The lowest BCUT2D eigenvalue weighted by Gasteiger charge is -2.20. The Morgan fingerprint density at radius 1 is 1.25 bits per heavy atom. The van der Waals surface area contributed by atoms with Crippen molar-refractivity contribution in [1.82, 2.24) is 9.88 Å². The fourth-order valence-electron chi connectivity index (χ4n) is 2.59. The van der Waals surface area contributed by atoms with Crippen LogP contribution in [0.3, 0.4) is 0 Å². The molecule has 1 aliphatic heterocycles. The molecule has 1 N–H and O–H groups in total. The molecule has 2 amide bonds. The van der Waals surface area contributed by atoms with Gasteiger partial charge in [0.1, 0.15) is 0 Å². The third-order valence-corrected chi connectivity index (χ3v) is 4.57. The molecule has 1 aromatic carbocycles. The number of hydrogen-bond donors (Lipinski definition) is 1. The van der Waals surface area contributed by atoms with Crippen molar-refractivity contribution in [3.05, 3.63) is 23.2 Å². The van der Waals surface area contributed by atoms with Gasteiger partial charge in [0, 0.05) is 18.8 Å². The van der Waals surface area contributed by atoms with E-state index in [0.717, 1.165) is 46.8 Å². The molecule has 3 rings (SSSR count). The van der Waals surface area contributed by atoms with Gasteiger partial charge in [0.2, 0.25) is 0 Å². The van der Waals surface area contributed by atoms with E-state index in [1.54, 1.807) is 11.3 Å². The summed E-state index contributed by atoms with van der Waals surface area (Å²) in [5, 5.41) is 4.06. The Labute approximate surface area is 122 Å². The average Bonchev–Trinajstić information content (AvgIpc) is 2.64. The van der Waals surface area contributed by atoms with Crippen LogP contribution in [0.5, 0.6) is 0 Å². The summed E-state index contributed by atoms with van der Waals surface area (Å²) < 4.78 is 1.12. The Balaban J connectivity index is 1.72. The van der Waals surface area contributed by atoms with Crippen molar-refractivity contribution in [2.24, 2.45) is 0 Å². The molecule has 0 atom stereocenters. The van der Waals surface area contributed by atoms with Gasteiger partial charge in [0.05, 0.1) is 15.2 Å². The second-order valence-electron chi connectivity index (χ2n) is 5.25. The van der Waals surface area contributed by atoms with Gasteiger partial charge in [-0.25, -0.2) is 9.78 Å². The monoisotopic (exact) mass is 289 g/mol. The number of likely N-dealkylation sites (tertiary alicyclic amines) is 1. The first-order chi connectivity index (χ1) is 9.72. The van der Waals surface area contributed by atoms with E-state index < -0.39 is 0 Å². The summed E-state index contributed by atoms with van der Waals surface area (Å²) >= 11 is 1.66. The van der Waals surface area contributed by atoms with Crippen LogP contribution in [-0.4, -0.2) is 29.0 Å². The molecule has 5 heteroatoms. The lowest BCUT2D eigenvalue weighted by molar-refractivity contribution is 0.214. The maximum atomic E-state index is 12.3. The number of rotatable bonds is 1. The zero-order chi connectivity index (χ0) is 13.9. The number of aromatic nitrogens is 1. The molecule has 1 aliphatic rings. The van der Waals surface area contributed by atoms with Gasteiger partial charge < -0.3 is 10.2 Å². The molecule has 0 radical (unpaired) electrons. The van der Waals surface area contributed by atoms with Crippen LogP contribution in [0.2, 0.25) is 0 Å². The number of anilines is 1. The van der Waals surface area contributed by atoms with Crippen molar-refractivity contribution in [2.75, 3.05) is 18.4 Å². The van der Waals surface area contributed by atoms with E-state index in [-0.39, 0.29) is 6.03 Å². The van der Waals surface area contributed by atoms with Gasteiger partial charge in [0.25, 0.3) is 0 Å². The quantitative estimate of drug-likeness (QED) is 0.862. The summed E-state index contributed by atoms with van der Waals surface area (Å²) in [4.78, 5) is 18.6. The van der Waals surface area contributed by atoms with Crippen LogP contribution in [-0.2, 0) is 0 Å². The van der Waals surface area contributed by atoms with Crippen molar-refractivity contribution in [3.8, 4) is 0 Å². The number of carbonyl (C=O) groups excluding carboxylic acids is 1. The molecular weight excluding hydrogens is 270 g/mol. The van der Waals surface area contributed by atoms with Crippen LogP contribution >= 0.6 is 11.3 Å². The Hall–Kier alpha value is -1.62. The number of thiazole rings is 1. The highest BCUT2D eigenvalue weighted by molar-refractivity contribution is 7.18. The Morgan fingerprint density at radius 3 is 2.75 bits per heavy atom. The van der Waals surface area contributed by atoms with Crippen LogP contribution in [0.4, 0.5) is 10.5 Å². The van der Waals surface area contributed by atoms with Gasteiger partial charge in [-0.05, 0) is 38.0 Å². The Kier molecular flexibility index (Phi) is 3.87. The molecule has 4 nitrogen and oxygen atoms in total. The zero-order valence-corrected chi connectivity index (χ0v) is 12.5. The third kappa shape index (κ3) is 2.93. The maximum absolute atomic E-state index is 12.3. The second kappa shape index (κ2) is 5.79. The van der Waals surface area contributed by atoms with Crippen molar-refractivity contribution in [3.63, 3.8) is 0 Å². The van der Waals surface area contributed by atoms with Crippen LogP contribution in [0.15, 0.2) is 18.2 Å². The first-order valence-electron chi connectivity index (χ1n) is 7.15. The number of nitrogens with one attached hydrogen (secondary N) is 1. The highest BCUT2D eigenvalue weighted by atomic mass is 32.1. The highest BCUT2D eigenvalue weighted by Gasteiger charge is 2.15. The van der Waals surface area contributed by atoms with Gasteiger partial charge in [0.15, 0.2) is 0 Å². The standard InChI is InChI=1S/C15H19N3OS/c1-11-16-13-7-6-12(10-14(13)20-11)17-15(19)18-8-4-2-3-5-9-18/h6-7,10H,2-5,8-9H2,1H3,(H,17,19). The molecular formula is C15H19N3OS. The number of nitrogens with zero attached hydrogens (tertiary/aromatic N) is 2. The number of urea groups is 1. The van der Waals surface area contributed by atoms with E-state index in [2.05, 4.69) is 10.3 Å². The van der Waals surface area contributed by atoms with Gasteiger partial charge >= 0.3 is 6.03 Å². The van der Waals surface area contributed by atoms with Crippen LogP contribution in [0.25, 0.3) is 10.2 Å². The average molecular weight is 289 g/mol. The molecule has 1 fully saturated rings. The minimum Gasteiger partial charge on any atom is -0.325 e. The van der Waals surface area contributed by atoms with E-state index >= 15 is 0 Å². The van der Waals surface area contributed by atoms with E-state index in [4.69, 9.17) is 0 Å². The third-order valence-electron chi connectivity index (χ3n) is 3.64. The summed E-state index contributed by atoms with van der Waals surface area (Å²) in [6.07, 6.45) is 4.69. The van der Waals surface area contributed by atoms with Crippen molar-refractivity contribution in [1.29, 1.82) is 0 Å². The summed E-state index contributed by atoms with van der Waals surface area (Å²) in [7, 11) is 0. The number of benzene rings is 1. The second-order valence-corrected chi connectivity index (χ2v) is 6.48. The smallest absolute Gasteiger partial charge is 0.321 e. The molecule has 2 heterocycles. The first kappa shape index (κ1) is 13.4.